The summed E-state index contributed by atoms with van der Waals surface area (Å²) in [7, 11) is 1.56. The summed E-state index contributed by atoms with van der Waals surface area (Å²) in [6, 6.07) is 6.36. The number of hydrogen-bond donors (Lipinski definition) is 3. The molecule has 0 aliphatic heterocycles. The highest BCUT2D eigenvalue weighted by Gasteiger charge is 2.17. The van der Waals surface area contributed by atoms with E-state index in [0.717, 1.165) is 5.56 Å². The van der Waals surface area contributed by atoms with Gasteiger partial charge in [0.25, 0.3) is 0 Å². The van der Waals surface area contributed by atoms with Gasteiger partial charge in [0, 0.05) is 13.0 Å². The summed E-state index contributed by atoms with van der Waals surface area (Å²) in [6.45, 7) is 0.341. The highest BCUT2D eigenvalue weighted by atomic mass is 16.5. The first kappa shape index (κ1) is 15.0. The lowest BCUT2D eigenvalue weighted by atomic mass is 10.1. The monoisotopic (exact) mass is 267 g/mol. The first-order valence-electron chi connectivity index (χ1n) is 5.84. The van der Waals surface area contributed by atoms with Crippen LogP contribution in [0.5, 0.6) is 5.75 Å². The Labute approximate surface area is 111 Å². The number of carboxylic acids is 2. The van der Waals surface area contributed by atoms with Gasteiger partial charge in [-0.05, 0) is 24.1 Å². The molecule has 1 rings (SSSR count). The van der Waals surface area contributed by atoms with Crippen molar-refractivity contribution in [2.75, 3.05) is 7.11 Å². The number of hydrogen-bond acceptors (Lipinski definition) is 4. The van der Waals surface area contributed by atoms with E-state index in [2.05, 4.69) is 5.32 Å². The lowest BCUT2D eigenvalue weighted by Gasteiger charge is -2.13. The Kier molecular flexibility index (Phi) is 5.81. The predicted molar refractivity (Wildman–Crippen MR) is 68.1 cm³/mol. The number of ether oxygens (including phenoxy) is 1. The van der Waals surface area contributed by atoms with Crippen molar-refractivity contribution in [2.45, 2.75) is 25.4 Å². The summed E-state index contributed by atoms with van der Waals surface area (Å²) in [5.41, 5.74) is 0.876. The number of carbonyl (C=O) groups is 2. The molecule has 0 saturated carbocycles. The van der Waals surface area contributed by atoms with E-state index in [4.69, 9.17) is 14.9 Å². The Bertz CT molecular complexity index is 446. The van der Waals surface area contributed by atoms with E-state index in [-0.39, 0.29) is 12.8 Å². The van der Waals surface area contributed by atoms with Gasteiger partial charge < -0.3 is 20.3 Å². The van der Waals surface area contributed by atoms with Crippen LogP contribution in [-0.2, 0) is 16.1 Å². The molecule has 0 fully saturated rings. The normalized spacial score (nSPS) is 11.8. The fourth-order valence-electron chi connectivity index (χ4n) is 1.60. The van der Waals surface area contributed by atoms with Crippen LogP contribution in [0.4, 0.5) is 0 Å². The fourth-order valence-corrected chi connectivity index (χ4v) is 1.60. The molecule has 0 bridgehead atoms. The summed E-state index contributed by atoms with van der Waals surface area (Å²) >= 11 is 0. The molecule has 1 atom stereocenters. The van der Waals surface area contributed by atoms with Crippen LogP contribution in [0.15, 0.2) is 24.3 Å². The molecule has 0 unspecified atom stereocenters. The first-order chi connectivity index (χ1) is 9.02. The molecule has 0 spiro atoms. The van der Waals surface area contributed by atoms with E-state index < -0.39 is 18.0 Å². The molecule has 0 aliphatic rings. The van der Waals surface area contributed by atoms with Crippen LogP contribution in [0.1, 0.15) is 18.4 Å². The van der Waals surface area contributed by atoms with Crippen molar-refractivity contribution in [3.63, 3.8) is 0 Å². The summed E-state index contributed by atoms with van der Waals surface area (Å²) in [5, 5.41) is 20.4. The van der Waals surface area contributed by atoms with Crippen LogP contribution in [0, 0.1) is 0 Å². The Morgan fingerprint density at radius 2 is 2.11 bits per heavy atom. The second-order valence-corrected chi connectivity index (χ2v) is 4.06. The van der Waals surface area contributed by atoms with Crippen LogP contribution in [0.25, 0.3) is 0 Å². The summed E-state index contributed by atoms with van der Waals surface area (Å²) in [4.78, 5) is 21.4. The van der Waals surface area contributed by atoms with Crippen molar-refractivity contribution < 1.29 is 24.5 Å². The Morgan fingerprint density at radius 1 is 1.37 bits per heavy atom. The maximum Gasteiger partial charge on any atom is 0.320 e. The lowest BCUT2D eigenvalue weighted by Crippen LogP contribution is -2.36. The number of methoxy groups -OCH3 is 1. The van der Waals surface area contributed by atoms with Gasteiger partial charge in [0.2, 0.25) is 0 Å². The molecule has 3 N–H and O–H groups in total. The van der Waals surface area contributed by atoms with Crippen molar-refractivity contribution in [3.8, 4) is 5.75 Å². The minimum absolute atomic E-state index is 0.0502. The van der Waals surface area contributed by atoms with Gasteiger partial charge >= 0.3 is 11.9 Å². The van der Waals surface area contributed by atoms with Crippen molar-refractivity contribution in [1.29, 1.82) is 0 Å². The average molecular weight is 267 g/mol. The zero-order chi connectivity index (χ0) is 14.3. The summed E-state index contributed by atoms with van der Waals surface area (Å²) in [5.74, 6) is -1.37. The zero-order valence-corrected chi connectivity index (χ0v) is 10.6. The zero-order valence-electron chi connectivity index (χ0n) is 10.6. The van der Waals surface area contributed by atoms with E-state index in [1.165, 1.54) is 0 Å². The highest BCUT2D eigenvalue weighted by Crippen LogP contribution is 2.12. The topological polar surface area (TPSA) is 95.9 Å². The van der Waals surface area contributed by atoms with Gasteiger partial charge in [0.1, 0.15) is 11.8 Å². The maximum atomic E-state index is 11.0. The Morgan fingerprint density at radius 3 is 2.68 bits per heavy atom. The van der Waals surface area contributed by atoms with Crippen molar-refractivity contribution in [2.24, 2.45) is 0 Å². The minimum Gasteiger partial charge on any atom is -0.497 e. The van der Waals surface area contributed by atoms with Crippen LogP contribution < -0.4 is 10.1 Å². The molecule has 0 saturated heterocycles. The third kappa shape index (κ3) is 5.39. The number of nitrogens with one attached hydrogen (secondary N) is 1. The van der Waals surface area contributed by atoms with Gasteiger partial charge in [-0.25, -0.2) is 0 Å². The molecule has 6 nitrogen and oxygen atoms in total. The van der Waals surface area contributed by atoms with Crippen LogP contribution in [-0.4, -0.2) is 35.3 Å². The first-order valence-corrected chi connectivity index (χ1v) is 5.84. The third-order valence-corrected chi connectivity index (χ3v) is 2.63. The van der Waals surface area contributed by atoms with E-state index in [1.807, 2.05) is 12.1 Å². The smallest absolute Gasteiger partial charge is 0.320 e. The molecule has 0 aliphatic carbocycles. The van der Waals surface area contributed by atoms with Gasteiger partial charge in [0.05, 0.1) is 7.11 Å². The largest absolute Gasteiger partial charge is 0.497 e. The molecule has 0 aromatic heterocycles. The molecule has 0 amide bonds. The van der Waals surface area contributed by atoms with Crippen molar-refractivity contribution in [1.82, 2.24) is 5.32 Å². The molecule has 6 heteroatoms. The van der Waals surface area contributed by atoms with Gasteiger partial charge in [-0.3, -0.25) is 9.59 Å². The molecule has 1 aromatic rings. The minimum atomic E-state index is -1.05. The molecule has 104 valence electrons. The summed E-state index contributed by atoms with van der Waals surface area (Å²) in [6.07, 6.45) is -0.128. The summed E-state index contributed by atoms with van der Waals surface area (Å²) < 4.78 is 5.07. The van der Waals surface area contributed by atoms with Crippen molar-refractivity contribution in [3.05, 3.63) is 29.8 Å². The molecular weight excluding hydrogens is 250 g/mol. The molecule has 0 heterocycles. The number of rotatable bonds is 8. The molecular formula is C13H17NO5. The second-order valence-electron chi connectivity index (χ2n) is 4.06. The maximum absolute atomic E-state index is 11.0. The quantitative estimate of drug-likeness (QED) is 0.653. The number of aliphatic carboxylic acids is 2. The van der Waals surface area contributed by atoms with Crippen LogP contribution >= 0.6 is 0 Å². The number of carboxylic acid groups (broad SMARTS) is 2. The Balaban J connectivity index is 2.55. The predicted octanol–water partition coefficient (Wildman–Crippen LogP) is 1.10. The second kappa shape index (κ2) is 7.38. The van der Waals surface area contributed by atoms with Gasteiger partial charge in [0.15, 0.2) is 0 Å². The Hall–Kier alpha value is -2.08. The van der Waals surface area contributed by atoms with Gasteiger partial charge in [-0.15, -0.1) is 0 Å². The third-order valence-electron chi connectivity index (χ3n) is 2.63. The standard InChI is InChI=1S/C13H17NO5/c1-19-10-4-2-3-9(7-10)8-14-11(13(17)18)5-6-12(15)16/h2-4,7,11,14H,5-6,8H2,1H3,(H,15,16)(H,17,18)/t11-/m1/s1. The van der Waals surface area contributed by atoms with Gasteiger partial charge in [-0.2, -0.15) is 0 Å². The van der Waals surface area contributed by atoms with Crippen LogP contribution in [0.2, 0.25) is 0 Å². The number of benzene rings is 1. The van der Waals surface area contributed by atoms with E-state index in [0.29, 0.717) is 12.3 Å². The average Bonchev–Trinajstić information content (AvgIpc) is 2.38. The van der Waals surface area contributed by atoms with E-state index >= 15 is 0 Å². The molecule has 1 aromatic carbocycles. The molecule has 19 heavy (non-hydrogen) atoms. The van der Waals surface area contributed by atoms with E-state index in [1.54, 1.807) is 19.2 Å². The lowest BCUT2D eigenvalue weighted by molar-refractivity contribution is -0.140. The van der Waals surface area contributed by atoms with E-state index in [9.17, 15) is 9.59 Å². The van der Waals surface area contributed by atoms with Gasteiger partial charge in [-0.1, -0.05) is 12.1 Å². The fraction of sp³-hybridized carbons (Fsp3) is 0.385. The highest BCUT2D eigenvalue weighted by molar-refractivity contribution is 5.75. The SMILES string of the molecule is COc1cccc(CN[C@H](CCC(=O)O)C(=O)O)c1. The van der Waals surface area contributed by atoms with Crippen LogP contribution in [0.3, 0.4) is 0 Å². The molecule has 0 radical (unpaired) electrons. The van der Waals surface area contributed by atoms with Crippen molar-refractivity contribution >= 4 is 11.9 Å².